The van der Waals surface area contributed by atoms with E-state index in [1.54, 1.807) is 0 Å². The molecule has 256 valence electrons. The third-order valence-corrected chi connectivity index (χ3v) is 8.22. The fourth-order valence-electron chi connectivity index (χ4n) is 4.01. The van der Waals surface area contributed by atoms with Gasteiger partial charge < -0.3 is 41.9 Å². The Morgan fingerprint density at radius 3 is 2.56 bits per heavy atom. The highest BCUT2D eigenvalue weighted by molar-refractivity contribution is 7.84. The predicted molar refractivity (Wildman–Crippen MR) is 163 cm³/mol. The number of amides is 3. The molecule has 4 rings (SSSR count). The lowest BCUT2D eigenvalue weighted by Crippen LogP contribution is -2.74. The minimum Gasteiger partial charge on any atom is -0.503 e. The Bertz CT molecular complexity index is 1980. The van der Waals surface area contributed by atoms with Gasteiger partial charge in [0.05, 0.1) is 24.5 Å². The van der Waals surface area contributed by atoms with Crippen LogP contribution in [0.15, 0.2) is 45.9 Å². The molecule has 1 aliphatic heterocycles. The molecule has 1 aliphatic rings. The standard InChI is InChI=1S/C25H27N9O12S2/c1-25(2,23(40)41)46-32-18(13-10-47-24(26)30-13)21(38)31-19-14(34(22(19)39)48(43,44)45)8-28-17-5-11(3-4-27-17)20(37)29-7-12-6-15(35)16(36)9-33(12)42/h3-6,9-10,14,19,36,42H,7-8H2,1-2H3,(H2,26,30)(H,27,28)(H,29,37)(H,31,38)(H,40,41)(H,43,44,45)/b32-18-/t14-,19+/m1/s1. The van der Waals surface area contributed by atoms with Crippen molar-refractivity contribution < 1.29 is 52.4 Å². The van der Waals surface area contributed by atoms with E-state index in [1.165, 1.54) is 23.7 Å². The third-order valence-electron chi connectivity index (χ3n) is 6.60. The first-order valence-corrected chi connectivity index (χ1v) is 15.6. The molecule has 0 aromatic carbocycles. The fourth-order valence-corrected chi connectivity index (χ4v) is 5.43. The van der Waals surface area contributed by atoms with Gasteiger partial charge in [0, 0.05) is 29.8 Å². The summed E-state index contributed by atoms with van der Waals surface area (Å²) in [7, 11) is -5.11. The summed E-state index contributed by atoms with van der Waals surface area (Å²) < 4.78 is 34.2. The molecule has 0 unspecified atom stereocenters. The summed E-state index contributed by atoms with van der Waals surface area (Å²) >= 11 is 0.913. The van der Waals surface area contributed by atoms with Crippen LogP contribution in [0.25, 0.3) is 0 Å². The number of nitrogen functional groups attached to an aromatic ring is 1. The number of aromatic nitrogens is 3. The van der Waals surface area contributed by atoms with E-state index in [4.69, 9.17) is 10.6 Å². The number of rotatable bonds is 13. The van der Waals surface area contributed by atoms with Gasteiger partial charge in [-0.25, -0.2) is 19.1 Å². The van der Waals surface area contributed by atoms with Crippen LogP contribution in [0.3, 0.4) is 0 Å². The van der Waals surface area contributed by atoms with Gasteiger partial charge in [-0.1, -0.05) is 5.16 Å². The SMILES string of the molecule is CC(C)(O/N=C(\C(=O)N[C@@H]1C(=O)N(S(=O)(=O)O)[C@@H]1CNc1cc(C(=O)NCc2cc(=O)c(O)cn2O)ccn1)c1csc(N)n1)C(=O)O. The number of pyridine rings is 2. The number of nitrogens with one attached hydrogen (secondary N) is 3. The molecule has 2 atom stereocenters. The third kappa shape index (κ3) is 7.76. The molecule has 23 heteroatoms. The maximum Gasteiger partial charge on any atom is 0.362 e. The fraction of sp³-hybridized carbons (Fsp3) is 0.280. The minimum atomic E-state index is -5.11. The Kier molecular flexibility index (Phi) is 9.86. The summed E-state index contributed by atoms with van der Waals surface area (Å²) in [5.41, 5.74) is 2.21. The van der Waals surface area contributed by atoms with Gasteiger partial charge in [0.1, 0.15) is 17.6 Å². The van der Waals surface area contributed by atoms with E-state index in [-0.39, 0.29) is 38.8 Å². The Hall–Kier alpha value is -5.81. The molecule has 3 amide bonds. The smallest absolute Gasteiger partial charge is 0.362 e. The van der Waals surface area contributed by atoms with Gasteiger partial charge in [0.25, 0.3) is 17.7 Å². The first kappa shape index (κ1) is 35.1. The molecular weight excluding hydrogens is 682 g/mol. The molecule has 4 heterocycles. The van der Waals surface area contributed by atoms with Gasteiger partial charge in [0.15, 0.2) is 16.6 Å². The van der Waals surface area contributed by atoms with Gasteiger partial charge in [-0.3, -0.25) is 23.7 Å². The van der Waals surface area contributed by atoms with Crippen molar-refractivity contribution in [3.05, 3.63) is 63.1 Å². The zero-order valence-electron chi connectivity index (χ0n) is 24.7. The number of thiazole rings is 1. The molecule has 3 aromatic heterocycles. The summed E-state index contributed by atoms with van der Waals surface area (Å²) in [5.74, 6) is -5.16. The van der Waals surface area contributed by atoms with Crippen LogP contribution in [0, 0.1) is 0 Å². The van der Waals surface area contributed by atoms with Gasteiger partial charge in [0.2, 0.25) is 11.0 Å². The number of β-lactam (4-membered cyclic amide) rings is 1. The van der Waals surface area contributed by atoms with Gasteiger partial charge in [-0.2, -0.15) is 13.1 Å². The number of carbonyl (C=O) groups is 4. The molecule has 48 heavy (non-hydrogen) atoms. The number of anilines is 2. The maximum atomic E-state index is 13.3. The van der Waals surface area contributed by atoms with Crippen LogP contribution in [0.2, 0.25) is 0 Å². The van der Waals surface area contributed by atoms with Crippen LogP contribution in [-0.2, 0) is 36.1 Å². The number of aromatic hydroxyl groups is 1. The monoisotopic (exact) mass is 709 g/mol. The summed E-state index contributed by atoms with van der Waals surface area (Å²) in [5, 5.41) is 40.9. The van der Waals surface area contributed by atoms with Crippen molar-refractivity contribution in [3.8, 4) is 5.75 Å². The van der Waals surface area contributed by atoms with E-state index in [0.717, 1.165) is 37.4 Å². The van der Waals surface area contributed by atoms with Crippen LogP contribution >= 0.6 is 11.3 Å². The summed E-state index contributed by atoms with van der Waals surface area (Å²) in [4.78, 5) is 74.8. The summed E-state index contributed by atoms with van der Waals surface area (Å²) in [6.07, 6.45) is 1.97. The van der Waals surface area contributed by atoms with Crippen molar-refractivity contribution >= 4 is 62.0 Å². The number of hydrogen-bond donors (Lipinski definition) is 8. The zero-order valence-corrected chi connectivity index (χ0v) is 26.4. The molecule has 9 N–H and O–H groups in total. The van der Waals surface area contributed by atoms with Crippen LogP contribution in [0.5, 0.6) is 5.75 Å². The number of carboxylic acids is 1. The number of nitrogens with zero attached hydrogens (tertiary/aromatic N) is 5. The number of nitrogens with two attached hydrogens (primary N) is 1. The highest BCUT2D eigenvalue weighted by Gasteiger charge is 2.54. The second kappa shape index (κ2) is 13.5. The topological polar surface area (TPSA) is 318 Å². The van der Waals surface area contributed by atoms with Gasteiger partial charge in [-0.15, -0.1) is 11.3 Å². The van der Waals surface area contributed by atoms with Gasteiger partial charge in [-0.05, 0) is 26.0 Å². The zero-order chi connectivity index (χ0) is 35.6. The average molecular weight is 710 g/mol. The average Bonchev–Trinajstić information content (AvgIpc) is 3.43. The van der Waals surface area contributed by atoms with E-state index in [2.05, 4.69) is 31.1 Å². The van der Waals surface area contributed by atoms with E-state index < -0.39 is 75.1 Å². The molecule has 1 fully saturated rings. The maximum absolute atomic E-state index is 13.3. The van der Waals surface area contributed by atoms with Crippen molar-refractivity contribution in [2.24, 2.45) is 5.16 Å². The van der Waals surface area contributed by atoms with E-state index in [0.29, 0.717) is 4.73 Å². The number of hydrogen-bond acceptors (Lipinski definition) is 16. The molecule has 0 saturated carbocycles. The highest BCUT2D eigenvalue weighted by atomic mass is 32.2. The Morgan fingerprint density at radius 1 is 1.23 bits per heavy atom. The molecular formula is C25H27N9O12S2. The second-order valence-corrected chi connectivity index (χ2v) is 12.6. The van der Waals surface area contributed by atoms with Crippen LogP contribution < -0.4 is 27.1 Å². The lowest BCUT2D eigenvalue weighted by molar-refractivity contribution is -0.161. The molecule has 0 spiro atoms. The molecule has 0 aliphatic carbocycles. The molecule has 0 bridgehead atoms. The Labute approximate surface area is 273 Å². The molecule has 1 saturated heterocycles. The quantitative estimate of drug-likeness (QED) is 0.0324. The first-order chi connectivity index (χ1) is 22.4. The molecule has 3 aromatic rings. The number of aliphatic carboxylic acids is 1. The van der Waals surface area contributed by atoms with Crippen molar-refractivity contribution in [1.82, 2.24) is 29.6 Å². The van der Waals surface area contributed by atoms with Crippen molar-refractivity contribution in [2.45, 2.75) is 38.1 Å². The number of carbonyl (C=O) groups excluding carboxylic acids is 3. The lowest BCUT2D eigenvalue weighted by atomic mass is 9.98. The summed E-state index contributed by atoms with van der Waals surface area (Å²) in [6.45, 7) is 1.54. The summed E-state index contributed by atoms with van der Waals surface area (Å²) in [6, 6.07) is 0.445. The molecule has 0 radical (unpaired) electrons. The number of oxime groups is 1. The lowest BCUT2D eigenvalue weighted by Gasteiger charge is -2.44. The normalized spacial score (nSPS) is 16.5. The van der Waals surface area contributed by atoms with Crippen molar-refractivity contribution in [2.75, 3.05) is 17.6 Å². The second-order valence-electron chi connectivity index (χ2n) is 10.4. The van der Waals surface area contributed by atoms with Gasteiger partial charge >= 0.3 is 16.3 Å². The van der Waals surface area contributed by atoms with E-state index >= 15 is 0 Å². The predicted octanol–water partition coefficient (Wildman–Crippen LogP) is -1.65. The first-order valence-electron chi connectivity index (χ1n) is 13.3. The van der Waals surface area contributed by atoms with Crippen molar-refractivity contribution in [3.63, 3.8) is 0 Å². The van der Waals surface area contributed by atoms with E-state index in [1.807, 2.05) is 0 Å². The molecule has 21 nitrogen and oxygen atoms in total. The Balaban J connectivity index is 1.49. The minimum absolute atomic E-state index is 0.00411. The van der Waals surface area contributed by atoms with Crippen molar-refractivity contribution in [1.29, 1.82) is 0 Å². The number of carboxylic acid groups (broad SMARTS) is 1. The van der Waals surface area contributed by atoms with Crippen LogP contribution in [-0.4, -0.2) is 101 Å². The van der Waals surface area contributed by atoms with Crippen LogP contribution in [0.4, 0.5) is 10.9 Å². The largest absolute Gasteiger partial charge is 0.503 e. The highest BCUT2D eigenvalue weighted by Crippen LogP contribution is 2.25. The Morgan fingerprint density at radius 2 is 1.94 bits per heavy atom. The van der Waals surface area contributed by atoms with Crippen LogP contribution in [0.1, 0.15) is 35.6 Å². The van der Waals surface area contributed by atoms with E-state index in [9.17, 15) is 52.4 Å².